The predicted octanol–water partition coefficient (Wildman–Crippen LogP) is 3.38. The van der Waals surface area contributed by atoms with Gasteiger partial charge in [-0.05, 0) is 5.56 Å². The molecule has 0 N–H and O–H groups in total. The van der Waals surface area contributed by atoms with Crippen LogP contribution in [0.15, 0.2) is 30.3 Å². The SMILES string of the molecule is [CH][N+]1(C)CCC(OC(=O)CC)(c2ccccc2)C(C)(C)C1. The molecule has 0 aromatic heterocycles. The Balaban J connectivity index is 2.49. The number of hydrogen-bond donors (Lipinski definition) is 0. The van der Waals surface area contributed by atoms with Crippen molar-refractivity contribution in [1.29, 1.82) is 0 Å². The van der Waals surface area contributed by atoms with Crippen LogP contribution in [0.3, 0.4) is 0 Å². The maximum atomic E-state index is 12.0. The quantitative estimate of drug-likeness (QED) is 0.629. The highest BCUT2D eigenvalue weighted by Gasteiger charge is 2.56. The maximum absolute atomic E-state index is 12.0. The van der Waals surface area contributed by atoms with E-state index < -0.39 is 5.60 Å². The molecular weight excluding hydrogens is 262 g/mol. The number of nitrogens with zero attached hydrogens (tertiary/aromatic N) is 1. The van der Waals surface area contributed by atoms with Gasteiger partial charge in [-0.1, -0.05) is 51.1 Å². The molecule has 0 bridgehead atoms. The van der Waals surface area contributed by atoms with Gasteiger partial charge in [-0.15, -0.1) is 0 Å². The Hall–Kier alpha value is -1.35. The van der Waals surface area contributed by atoms with E-state index in [2.05, 4.69) is 26.0 Å². The second-order valence-electron chi connectivity index (χ2n) is 7.02. The summed E-state index contributed by atoms with van der Waals surface area (Å²) in [6.07, 6.45) is 1.13. The fourth-order valence-electron chi connectivity index (χ4n) is 3.62. The van der Waals surface area contributed by atoms with E-state index in [0.29, 0.717) is 10.9 Å². The summed E-state index contributed by atoms with van der Waals surface area (Å²) in [6.45, 7) is 7.67. The van der Waals surface area contributed by atoms with Crippen molar-refractivity contribution in [3.8, 4) is 0 Å². The molecule has 0 saturated carbocycles. The summed E-state index contributed by atoms with van der Waals surface area (Å²) in [4.78, 5) is 12.0. The fourth-order valence-corrected chi connectivity index (χ4v) is 3.62. The Morgan fingerprint density at radius 2 is 1.95 bits per heavy atom. The Labute approximate surface area is 128 Å². The van der Waals surface area contributed by atoms with Gasteiger partial charge in [0.05, 0.1) is 25.6 Å². The summed E-state index contributed by atoms with van der Waals surface area (Å²) in [5, 5.41) is 0. The lowest BCUT2D eigenvalue weighted by Crippen LogP contribution is -2.61. The number of rotatable bonds is 3. The molecule has 0 aliphatic carbocycles. The molecule has 1 heterocycles. The fraction of sp³-hybridized carbons (Fsp3) is 0.556. The molecule has 1 aliphatic heterocycles. The molecule has 2 rings (SSSR count). The van der Waals surface area contributed by atoms with Crippen LogP contribution < -0.4 is 0 Å². The van der Waals surface area contributed by atoms with Crippen molar-refractivity contribution in [1.82, 2.24) is 0 Å². The van der Waals surface area contributed by atoms with Crippen molar-refractivity contribution in [3.05, 3.63) is 42.9 Å². The highest BCUT2D eigenvalue weighted by Crippen LogP contribution is 2.50. The standard InChI is InChI=1S/C18H26NO2/c1-6-16(20)21-18(15-10-8-7-9-11-15)12-13-19(4,5)14-17(18,2)3/h4,7-11H,6,12-14H2,1-3,5H3/q+1. The number of piperidine rings is 1. The van der Waals surface area contributed by atoms with E-state index in [1.54, 1.807) is 0 Å². The van der Waals surface area contributed by atoms with Gasteiger partial charge in [0.25, 0.3) is 0 Å². The lowest BCUT2D eigenvalue weighted by molar-refractivity contribution is -0.882. The Kier molecular flexibility index (Phi) is 4.16. The molecular formula is C18H26NO2+. The smallest absolute Gasteiger partial charge is 0.306 e. The van der Waals surface area contributed by atoms with Crippen molar-refractivity contribution in [2.45, 2.75) is 39.2 Å². The van der Waals surface area contributed by atoms with Crippen molar-refractivity contribution < 1.29 is 14.0 Å². The zero-order chi connectivity index (χ0) is 15.7. The molecule has 3 heteroatoms. The number of quaternary nitrogens is 1. The van der Waals surface area contributed by atoms with Crippen LogP contribution in [-0.4, -0.2) is 30.6 Å². The van der Waals surface area contributed by atoms with Crippen LogP contribution in [0, 0.1) is 12.5 Å². The lowest BCUT2D eigenvalue weighted by Gasteiger charge is -2.53. The van der Waals surface area contributed by atoms with Crippen LogP contribution in [0.1, 0.15) is 39.2 Å². The Bertz CT molecular complexity index is 507. The first-order chi connectivity index (χ1) is 9.72. The molecule has 1 aliphatic rings. The van der Waals surface area contributed by atoms with E-state index in [0.717, 1.165) is 25.1 Å². The predicted molar refractivity (Wildman–Crippen MR) is 83.1 cm³/mol. The van der Waals surface area contributed by atoms with E-state index >= 15 is 0 Å². The Morgan fingerprint density at radius 3 is 2.48 bits per heavy atom. The third kappa shape index (κ3) is 2.98. The van der Waals surface area contributed by atoms with Crippen molar-refractivity contribution in [2.75, 3.05) is 20.1 Å². The summed E-state index contributed by atoms with van der Waals surface area (Å²) in [6, 6.07) is 10.1. The maximum Gasteiger partial charge on any atom is 0.306 e. The molecule has 1 saturated heterocycles. The zero-order valence-corrected chi connectivity index (χ0v) is 13.6. The van der Waals surface area contributed by atoms with Gasteiger partial charge in [0.15, 0.2) is 5.60 Å². The molecule has 1 aromatic carbocycles. The van der Waals surface area contributed by atoms with E-state index in [-0.39, 0.29) is 11.4 Å². The summed E-state index contributed by atoms with van der Waals surface area (Å²) in [5.41, 5.74) is 0.232. The number of likely N-dealkylation sites (tertiary alicyclic amines) is 1. The Morgan fingerprint density at radius 1 is 1.33 bits per heavy atom. The molecule has 21 heavy (non-hydrogen) atoms. The van der Waals surface area contributed by atoms with Gasteiger partial charge in [0.1, 0.15) is 0 Å². The molecule has 1 aromatic rings. The summed E-state index contributed by atoms with van der Waals surface area (Å²) in [7, 11) is 8.34. The number of benzene rings is 1. The number of esters is 1. The first-order valence-electron chi connectivity index (χ1n) is 7.63. The monoisotopic (exact) mass is 288 g/mol. The molecule has 3 nitrogen and oxygen atoms in total. The molecule has 2 atom stereocenters. The second kappa shape index (κ2) is 5.45. The minimum absolute atomic E-state index is 0.153. The minimum atomic E-state index is -0.599. The molecule has 2 radical (unpaired) electrons. The van der Waals surface area contributed by atoms with Crippen LogP contribution in [0.5, 0.6) is 0 Å². The molecule has 114 valence electrons. The van der Waals surface area contributed by atoms with Crippen molar-refractivity contribution in [3.63, 3.8) is 0 Å². The van der Waals surface area contributed by atoms with Crippen LogP contribution in [0.25, 0.3) is 0 Å². The van der Waals surface area contributed by atoms with Gasteiger partial charge in [-0.2, -0.15) is 0 Å². The number of hydrogen-bond acceptors (Lipinski definition) is 2. The van der Waals surface area contributed by atoms with Crippen LogP contribution >= 0.6 is 0 Å². The zero-order valence-electron chi connectivity index (χ0n) is 13.6. The molecule has 0 spiro atoms. The summed E-state index contributed by atoms with van der Waals surface area (Å²) in [5.74, 6) is -0.153. The van der Waals surface area contributed by atoms with E-state index in [9.17, 15) is 4.79 Å². The molecule has 0 amide bonds. The van der Waals surface area contributed by atoms with Crippen LogP contribution in [0.4, 0.5) is 0 Å². The van der Waals surface area contributed by atoms with E-state index in [1.165, 1.54) is 0 Å². The van der Waals surface area contributed by atoms with Crippen molar-refractivity contribution in [2.24, 2.45) is 5.41 Å². The van der Waals surface area contributed by atoms with Gasteiger partial charge in [0, 0.05) is 12.8 Å². The third-order valence-electron chi connectivity index (χ3n) is 4.64. The second-order valence-corrected chi connectivity index (χ2v) is 7.02. The number of ether oxygens (including phenoxy) is 1. The molecule has 2 unspecified atom stereocenters. The van der Waals surface area contributed by atoms with Gasteiger partial charge in [0.2, 0.25) is 7.05 Å². The summed E-state index contributed by atoms with van der Waals surface area (Å²) < 4.78 is 6.48. The van der Waals surface area contributed by atoms with Gasteiger partial charge in [-0.25, -0.2) is 0 Å². The van der Waals surface area contributed by atoms with Gasteiger partial charge in [-0.3, -0.25) is 4.79 Å². The van der Waals surface area contributed by atoms with Crippen LogP contribution in [0.2, 0.25) is 0 Å². The van der Waals surface area contributed by atoms with E-state index in [4.69, 9.17) is 11.8 Å². The van der Waals surface area contributed by atoms with Gasteiger partial charge >= 0.3 is 5.97 Å². The summed E-state index contributed by atoms with van der Waals surface area (Å²) >= 11 is 0. The molecule has 1 fully saturated rings. The normalized spacial score (nSPS) is 27.1. The first kappa shape index (κ1) is 16.0. The number of carbonyl (C=O) groups is 1. The largest absolute Gasteiger partial charge is 0.453 e. The lowest BCUT2D eigenvalue weighted by atomic mass is 9.65. The third-order valence-corrected chi connectivity index (χ3v) is 4.64. The topological polar surface area (TPSA) is 26.3 Å². The first-order valence-corrected chi connectivity index (χ1v) is 7.63. The van der Waals surface area contributed by atoms with Gasteiger partial charge < -0.3 is 9.22 Å². The minimum Gasteiger partial charge on any atom is -0.453 e. The highest BCUT2D eigenvalue weighted by atomic mass is 16.6. The van der Waals surface area contributed by atoms with Crippen LogP contribution in [-0.2, 0) is 15.1 Å². The number of carbonyl (C=O) groups excluding carboxylic acids is 1. The van der Waals surface area contributed by atoms with Crippen molar-refractivity contribution >= 4 is 5.97 Å². The average Bonchev–Trinajstić information content (AvgIpc) is 2.41. The van der Waals surface area contributed by atoms with E-state index in [1.807, 2.05) is 32.2 Å². The highest BCUT2D eigenvalue weighted by molar-refractivity contribution is 5.70. The average molecular weight is 288 g/mol.